The molecule has 0 radical (unpaired) electrons. The van der Waals surface area contributed by atoms with Crippen LogP contribution in [-0.4, -0.2) is 23.7 Å². The lowest BCUT2D eigenvalue weighted by Crippen LogP contribution is -2.32. The summed E-state index contributed by atoms with van der Waals surface area (Å²) in [6, 6.07) is 7.45. The van der Waals surface area contributed by atoms with E-state index in [0.29, 0.717) is 18.5 Å². The van der Waals surface area contributed by atoms with E-state index in [9.17, 15) is 9.90 Å². The van der Waals surface area contributed by atoms with Gasteiger partial charge in [-0.15, -0.1) is 0 Å². The van der Waals surface area contributed by atoms with Crippen molar-refractivity contribution in [2.24, 2.45) is 5.41 Å². The number of amides is 1. The normalized spacial score (nSPS) is 13.2. The fourth-order valence-corrected chi connectivity index (χ4v) is 1.56. The first-order valence-corrected chi connectivity index (χ1v) is 6.33. The van der Waals surface area contributed by atoms with Crippen LogP contribution in [0.5, 0.6) is 0 Å². The highest BCUT2D eigenvalue weighted by Crippen LogP contribution is 2.20. The van der Waals surface area contributed by atoms with E-state index in [0.717, 1.165) is 5.56 Å². The van der Waals surface area contributed by atoms with Crippen molar-refractivity contribution in [3.63, 3.8) is 0 Å². The minimum atomic E-state index is -0.407. The van der Waals surface area contributed by atoms with Gasteiger partial charge in [-0.2, -0.15) is 0 Å². The number of aryl methyl sites for hydroxylation is 1. The molecule has 100 valence electrons. The van der Waals surface area contributed by atoms with E-state index in [-0.39, 0.29) is 11.3 Å². The van der Waals surface area contributed by atoms with Gasteiger partial charge in [0, 0.05) is 12.1 Å². The lowest BCUT2D eigenvalue weighted by molar-refractivity contribution is 0.0551. The number of aliphatic hydroxyl groups is 1. The summed E-state index contributed by atoms with van der Waals surface area (Å²) in [6.45, 7) is 8.44. The molecule has 1 unspecified atom stereocenters. The molecule has 1 aromatic rings. The van der Waals surface area contributed by atoms with E-state index in [2.05, 4.69) is 5.32 Å². The summed E-state index contributed by atoms with van der Waals surface area (Å²) >= 11 is 0. The molecular formula is C15H23NO2. The summed E-state index contributed by atoms with van der Waals surface area (Å²) < 4.78 is 0. The quantitative estimate of drug-likeness (QED) is 0.861. The Balaban J connectivity index is 2.40. The van der Waals surface area contributed by atoms with E-state index in [4.69, 9.17) is 0 Å². The van der Waals surface area contributed by atoms with Crippen molar-refractivity contribution in [2.75, 3.05) is 6.54 Å². The molecule has 1 atom stereocenters. The smallest absolute Gasteiger partial charge is 0.251 e. The number of nitrogens with one attached hydrogen (secondary N) is 1. The third-order valence-corrected chi connectivity index (χ3v) is 3.02. The Bertz CT molecular complexity index is 390. The molecule has 0 aliphatic heterocycles. The Hall–Kier alpha value is -1.35. The van der Waals surface area contributed by atoms with Crippen LogP contribution in [0.25, 0.3) is 0 Å². The van der Waals surface area contributed by atoms with Crippen LogP contribution in [0, 0.1) is 12.3 Å². The first-order chi connectivity index (χ1) is 8.30. The molecule has 0 heterocycles. The van der Waals surface area contributed by atoms with Crippen molar-refractivity contribution in [2.45, 2.75) is 40.2 Å². The van der Waals surface area contributed by atoms with Gasteiger partial charge in [0.1, 0.15) is 0 Å². The van der Waals surface area contributed by atoms with Gasteiger partial charge in [0.05, 0.1) is 6.10 Å². The van der Waals surface area contributed by atoms with Crippen LogP contribution in [0.2, 0.25) is 0 Å². The van der Waals surface area contributed by atoms with Crippen LogP contribution in [0.4, 0.5) is 0 Å². The zero-order valence-corrected chi connectivity index (χ0v) is 11.7. The molecule has 1 rings (SSSR count). The Labute approximate surface area is 109 Å². The number of hydrogen-bond acceptors (Lipinski definition) is 2. The SMILES string of the molecule is Cc1ccc(C(=O)NCCC(O)C(C)(C)C)cc1. The molecule has 1 aromatic carbocycles. The third-order valence-electron chi connectivity index (χ3n) is 3.02. The number of benzene rings is 1. The maximum atomic E-state index is 11.8. The molecule has 18 heavy (non-hydrogen) atoms. The maximum absolute atomic E-state index is 11.8. The zero-order valence-electron chi connectivity index (χ0n) is 11.7. The highest BCUT2D eigenvalue weighted by molar-refractivity contribution is 5.94. The molecule has 0 saturated heterocycles. The number of hydrogen-bond donors (Lipinski definition) is 2. The second-order valence-electron chi connectivity index (χ2n) is 5.79. The van der Waals surface area contributed by atoms with E-state index in [1.807, 2.05) is 52.0 Å². The first kappa shape index (κ1) is 14.7. The highest BCUT2D eigenvalue weighted by Gasteiger charge is 2.21. The summed E-state index contributed by atoms with van der Waals surface area (Å²) in [6.07, 6.45) is 0.164. The molecule has 3 heteroatoms. The molecule has 0 bridgehead atoms. The molecule has 1 amide bonds. The van der Waals surface area contributed by atoms with E-state index >= 15 is 0 Å². The van der Waals surface area contributed by atoms with Gasteiger partial charge >= 0.3 is 0 Å². The van der Waals surface area contributed by atoms with Gasteiger partial charge in [-0.1, -0.05) is 38.5 Å². The van der Waals surface area contributed by atoms with Crippen molar-refractivity contribution in [3.05, 3.63) is 35.4 Å². The molecule has 0 spiro atoms. The van der Waals surface area contributed by atoms with Crippen LogP contribution >= 0.6 is 0 Å². The van der Waals surface area contributed by atoms with E-state index in [1.165, 1.54) is 0 Å². The van der Waals surface area contributed by atoms with Gasteiger partial charge in [0.25, 0.3) is 5.91 Å². The molecule has 0 aliphatic rings. The van der Waals surface area contributed by atoms with Crippen molar-refractivity contribution >= 4 is 5.91 Å². The van der Waals surface area contributed by atoms with Crippen molar-refractivity contribution in [1.82, 2.24) is 5.32 Å². The molecule has 3 nitrogen and oxygen atoms in total. The summed E-state index contributed by atoms with van der Waals surface area (Å²) in [5.74, 6) is -0.0869. The van der Waals surface area contributed by atoms with Crippen LogP contribution in [0.15, 0.2) is 24.3 Å². The standard InChI is InChI=1S/C15H23NO2/c1-11-5-7-12(8-6-11)14(18)16-10-9-13(17)15(2,3)4/h5-8,13,17H,9-10H2,1-4H3,(H,16,18). The second kappa shape index (κ2) is 6.01. The number of rotatable bonds is 4. The largest absolute Gasteiger partial charge is 0.393 e. The third kappa shape index (κ3) is 4.49. The Morgan fingerprint density at radius 2 is 1.83 bits per heavy atom. The van der Waals surface area contributed by atoms with Crippen molar-refractivity contribution < 1.29 is 9.90 Å². The van der Waals surface area contributed by atoms with Crippen molar-refractivity contribution in [1.29, 1.82) is 0 Å². The minimum Gasteiger partial charge on any atom is -0.393 e. The van der Waals surface area contributed by atoms with Crippen LogP contribution in [-0.2, 0) is 0 Å². The summed E-state index contributed by atoms with van der Waals surface area (Å²) in [5, 5.41) is 12.7. The van der Waals surface area contributed by atoms with Crippen LogP contribution < -0.4 is 5.32 Å². The van der Waals surface area contributed by atoms with Gasteiger partial charge in [-0.05, 0) is 30.9 Å². The van der Waals surface area contributed by atoms with E-state index < -0.39 is 6.10 Å². The lowest BCUT2D eigenvalue weighted by Gasteiger charge is -2.25. The molecule has 2 N–H and O–H groups in total. The average Bonchev–Trinajstić information content (AvgIpc) is 2.28. The molecule has 0 aromatic heterocycles. The highest BCUT2D eigenvalue weighted by atomic mass is 16.3. The first-order valence-electron chi connectivity index (χ1n) is 6.33. The maximum Gasteiger partial charge on any atom is 0.251 e. The fraction of sp³-hybridized carbons (Fsp3) is 0.533. The summed E-state index contributed by atoms with van der Waals surface area (Å²) in [4.78, 5) is 11.8. The predicted molar refractivity (Wildman–Crippen MR) is 73.6 cm³/mol. The molecule has 0 fully saturated rings. The minimum absolute atomic E-state index is 0.0869. The monoisotopic (exact) mass is 249 g/mol. The molecule has 0 aliphatic carbocycles. The fourth-order valence-electron chi connectivity index (χ4n) is 1.56. The van der Waals surface area contributed by atoms with Gasteiger partial charge in [0.15, 0.2) is 0 Å². The lowest BCUT2D eigenvalue weighted by atomic mass is 9.87. The number of carbonyl (C=O) groups is 1. The number of carbonyl (C=O) groups excluding carboxylic acids is 1. The molecule has 0 saturated carbocycles. The van der Waals surface area contributed by atoms with Crippen LogP contribution in [0.1, 0.15) is 43.1 Å². The van der Waals surface area contributed by atoms with E-state index in [1.54, 1.807) is 0 Å². The van der Waals surface area contributed by atoms with Gasteiger partial charge in [-0.25, -0.2) is 0 Å². The zero-order chi connectivity index (χ0) is 13.8. The predicted octanol–water partition coefficient (Wildman–Crippen LogP) is 2.52. The molecular weight excluding hydrogens is 226 g/mol. The average molecular weight is 249 g/mol. The second-order valence-corrected chi connectivity index (χ2v) is 5.79. The topological polar surface area (TPSA) is 49.3 Å². The Kier molecular flexibility index (Phi) is 4.91. The Morgan fingerprint density at radius 3 is 2.33 bits per heavy atom. The van der Waals surface area contributed by atoms with Gasteiger partial charge < -0.3 is 10.4 Å². The summed E-state index contributed by atoms with van der Waals surface area (Å²) in [5.41, 5.74) is 1.65. The van der Waals surface area contributed by atoms with Gasteiger partial charge in [0.2, 0.25) is 0 Å². The van der Waals surface area contributed by atoms with Gasteiger partial charge in [-0.3, -0.25) is 4.79 Å². The number of aliphatic hydroxyl groups excluding tert-OH is 1. The summed E-state index contributed by atoms with van der Waals surface area (Å²) in [7, 11) is 0. The Morgan fingerprint density at radius 1 is 1.28 bits per heavy atom. The van der Waals surface area contributed by atoms with Crippen molar-refractivity contribution in [3.8, 4) is 0 Å². The van der Waals surface area contributed by atoms with Crippen LogP contribution in [0.3, 0.4) is 0 Å².